The van der Waals surface area contributed by atoms with Crippen molar-refractivity contribution >= 4 is 19.8 Å². The third-order valence-corrected chi connectivity index (χ3v) is 9.91. The zero-order chi connectivity index (χ0) is 40.5. The van der Waals surface area contributed by atoms with Crippen LogP contribution in [-0.4, -0.2) is 65.7 Å². The first-order valence-corrected chi connectivity index (χ1v) is 23.1. The molecule has 0 aliphatic heterocycles. The van der Waals surface area contributed by atoms with Gasteiger partial charge in [-0.2, -0.15) is 0 Å². The average molecular weight is 799 g/mol. The number of rotatable bonds is 40. The molecule has 0 aliphatic carbocycles. The van der Waals surface area contributed by atoms with Gasteiger partial charge in [-0.15, -0.1) is 0 Å². The highest BCUT2D eigenvalue weighted by Gasteiger charge is 2.27. The summed E-state index contributed by atoms with van der Waals surface area (Å²) in [5.74, 6) is -0.961. The van der Waals surface area contributed by atoms with E-state index in [4.69, 9.17) is 19.1 Å². The molecule has 0 rings (SSSR count). The van der Waals surface area contributed by atoms with Gasteiger partial charge in [-0.25, -0.2) is 4.57 Å². The van der Waals surface area contributed by atoms with Gasteiger partial charge in [0, 0.05) is 12.8 Å². The molecule has 0 aromatic heterocycles. The molecule has 0 aromatic rings. The Balaban J connectivity index is 4.37. The summed E-state index contributed by atoms with van der Waals surface area (Å²) < 4.78 is 32.7. The topological polar surface area (TPSA) is 149 Å². The Morgan fingerprint density at radius 1 is 0.545 bits per heavy atom. The first-order valence-electron chi connectivity index (χ1n) is 21.6. The smallest absolute Gasteiger partial charge is 0.462 e. The molecule has 55 heavy (non-hydrogen) atoms. The molecule has 0 saturated heterocycles. The Morgan fingerprint density at radius 3 is 1.47 bits per heavy atom. The van der Waals surface area contributed by atoms with Crippen molar-refractivity contribution in [1.29, 1.82) is 0 Å². The number of phosphoric ester groups is 1. The van der Waals surface area contributed by atoms with E-state index in [-0.39, 0.29) is 19.4 Å². The lowest BCUT2D eigenvalue weighted by molar-refractivity contribution is -0.161. The Kier molecular flexibility index (Phi) is 38.6. The highest BCUT2D eigenvalue weighted by atomic mass is 31.2. The monoisotopic (exact) mass is 799 g/mol. The van der Waals surface area contributed by atoms with E-state index < -0.39 is 51.8 Å². The number of aliphatic hydroxyl groups excluding tert-OH is 2. The summed E-state index contributed by atoms with van der Waals surface area (Å²) in [5.41, 5.74) is 0. The molecular weight excluding hydrogens is 719 g/mol. The number of allylic oxidation sites excluding steroid dienone is 8. The molecule has 10 nitrogen and oxygen atoms in total. The molecule has 320 valence electrons. The summed E-state index contributed by atoms with van der Waals surface area (Å²) >= 11 is 0. The first kappa shape index (κ1) is 52.9. The molecular formula is C44H79O10P. The van der Waals surface area contributed by atoms with E-state index in [1.54, 1.807) is 0 Å². The van der Waals surface area contributed by atoms with Gasteiger partial charge in [-0.1, -0.05) is 140 Å². The van der Waals surface area contributed by atoms with E-state index in [1.807, 2.05) is 0 Å². The van der Waals surface area contributed by atoms with Crippen LogP contribution in [0.15, 0.2) is 48.6 Å². The van der Waals surface area contributed by atoms with Gasteiger partial charge in [0.15, 0.2) is 6.10 Å². The van der Waals surface area contributed by atoms with Crippen molar-refractivity contribution in [3.05, 3.63) is 48.6 Å². The first-order chi connectivity index (χ1) is 26.7. The van der Waals surface area contributed by atoms with E-state index in [1.165, 1.54) is 64.2 Å². The van der Waals surface area contributed by atoms with Crippen LogP contribution in [0.5, 0.6) is 0 Å². The number of carbonyl (C=O) groups excluding carboxylic acids is 2. The van der Waals surface area contributed by atoms with Gasteiger partial charge >= 0.3 is 19.8 Å². The second kappa shape index (κ2) is 40.1. The number of esters is 2. The summed E-state index contributed by atoms with van der Waals surface area (Å²) in [4.78, 5) is 35.0. The van der Waals surface area contributed by atoms with Gasteiger partial charge < -0.3 is 24.6 Å². The Hall–Kier alpha value is -2.07. The standard InChI is InChI=1S/C44H79O10P/c1-3-5-7-9-11-13-15-17-19-20-22-24-26-28-30-32-34-36-44(48)54-42(40-53-55(49,50)52-38-41(46)37-45)39-51-43(47)35-33-31-29-27-25-23-21-18-16-14-12-10-8-6-4-2/h11,13,17-19,21-22,24,41-42,45-46H,3-10,12,14-16,20,23,25-40H2,1-2H3,(H,49,50)/b13-11-,19-17-,21-18-,24-22-/t41-,42+/m0/s1. The highest BCUT2D eigenvalue weighted by molar-refractivity contribution is 7.47. The van der Waals surface area contributed by atoms with Crippen LogP contribution in [0, 0.1) is 0 Å². The minimum absolute atomic E-state index is 0.156. The van der Waals surface area contributed by atoms with E-state index in [0.29, 0.717) is 12.8 Å². The Bertz CT molecular complexity index is 1060. The van der Waals surface area contributed by atoms with Crippen LogP contribution in [-0.2, 0) is 32.7 Å². The number of ether oxygens (including phenoxy) is 2. The SMILES string of the molecule is CCCCC/C=C\C/C=C\C/C=C\CCCCCCC(=O)O[C@H](COC(=O)CCCCCCC/C=C\CCCCCCCC)COP(=O)(O)OC[C@@H](O)CO. The lowest BCUT2D eigenvalue weighted by Gasteiger charge is -2.20. The summed E-state index contributed by atoms with van der Waals surface area (Å²) in [6, 6.07) is 0. The zero-order valence-electron chi connectivity index (χ0n) is 34.6. The Labute approximate surface area is 334 Å². The fourth-order valence-corrected chi connectivity index (χ4v) is 6.37. The van der Waals surface area contributed by atoms with Gasteiger partial charge in [0.2, 0.25) is 0 Å². The van der Waals surface area contributed by atoms with Crippen LogP contribution in [0.4, 0.5) is 0 Å². The molecule has 0 amide bonds. The lowest BCUT2D eigenvalue weighted by Crippen LogP contribution is -2.29. The molecule has 0 fully saturated rings. The van der Waals surface area contributed by atoms with Crippen LogP contribution in [0.2, 0.25) is 0 Å². The summed E-state index contributed by atoms with van der Waals surface area (Å²) in [5, 5.41) is 18.3. The molecule has 3 N–H and O–H groups in total. The fourth-order valence-electron chi connectivity index (χ4n) is 5.58. The summed E-state index contributed by atoms with van der Waals surface area (Å²) in [6.07, 6.45) is 42.1. The van der Waals surface area contributed by atoms with Crippen molar-refractivity contribution in [2.45, 2.75) is 193 Å². The van der Waals surface area contributed by atoms with E-state index in [9.17, 15) is 24.2 Å². The molecule has 0 saturated carbocycles. The number of aliphatic hydroxyl groups is 2. The van der Waals surface area contributed by atoms with Crippen LogP contribution >= 0.6 is 7.82 Å². The molecule has 0 heterocycles. The second-order valence-electron chi connectivity index (χ2n) is 14.4. The van der Waals surface area contributed by atoms with Crippen LogP contribution in [0.25, 0.3) is 0 Å². The molecule has 0 radical (unpaired) electrons. The number of unbranched alkanes of at least 4 members (excludes halogenated alkanes) is 18. The molecule has 11 heteroatoms. The average Bonchev–Trinajstić information content (AvgIpc) is 3.17. The van der Waals surface area contributed by atoms with Crippen LogP contribution in [0.3, 0.4) is 0 Å². The minimum atomic E-state index is -4.63. The maximum atomic E-state index is 12.6. The molecule has 3 atom stereocenters. The van der Waals surface area contributed by atoms with Crippen LogP contribution in [0.1, 0.15) is 181 Å². The van der Waals surface area contributed by atoms with Crippen molar-refractivity contribution < 1.29 is 47.8 Å². The van der Waals surface area contributed by atoms with E-state index in [2.05, 4.69) is 67.0 Å². The molecule has 0 bridgehead atoms. The molecule has 0 spiro atoms. The van der Waals surface area contributed by atoms with Crippen molar-refractivity contribution in [3.63, 3.8) is 0 Å². The molecule has 0 aliphatic rings. The van der Waals surface area contributed by atoms with Gasteiger partial charge in [-0.05, 0) is 77.0 Å². The van der Waals surface area contributed by atoms with Crippen molar-refractivity contribution in [1.82, 2.24) is 0 Å². The Morgan fingerprint density at radius 2 is 0.945 bits per heavy atom. The number of hydrogen-bond donors (Lipinski definition) is 3. The van der Waals surface area contributed by atoms with E-state index in [0.717, 1.165) is 77.0 Å². The maximum Gasteiger partial charge on any atom is 0.472 e. The van der Waals surface area contributed by atoms with Crippen molar-refractivity contribution in [2.75, 3.05) is 26.4 Å². The van der Waals surface area contributed by atoms with Gasteiger partial charge in [0.25, 0.3) is 0 Å². The summed E-state index contributed by atoms with van der Waals surface area (Å²) in [7, 11) is -4.63. The minimum Gasteiger partial charge on any atom is -0.462 e. The largest absolute Gasteiger partial charge is 0.472 e. The predicted molar refractivity (Wildman–Crippen MR) is 224 cm³/mol. The van der Waals surface area contributed by atoms with E-state index >= 15 is 0 Å². The zero-order valence-corrected chi connectivity index (χ0v) is 35.5. The van der Waals surface area contributed by atoms with Gasteiger partial charge in [-0.3, -0.25) is 18.6 Å². The molecule has 1 unspecified atom stereocenters. The third kappa shape index (κ3) is 39.9. The predicted octanol–water partition coefficient (Wildman–Crippen LogP) is 11.3. The lowest BCUT2D eigenvalue weighted by atomic mass is 10.1. The number of phosphoric acid groups is 1. The third-order valence-electron chi connectivity index (χ3n) is 8.96. The summed E-state index contributed by atoms with van der Waals surface area (Å²) in [6.45, 7) is 2.31. The van der Waals surface area contributed by atoms with Crippen LogP contribution < -0.4 is 0 Å². The number of carbonyl (C=O) groups is 2. The van der Waals surface area contributed by atoms with Crippen molar-refractivity contribution in [2.24, 2.45) is 0 Å². The fraction of sp³-hybridized carbons (Fsp3) is 0.773. The second-order valence-corrected chi connectivity index (χ2v) is 15.8. The number of hydrogen-bond acceptors (Lipinski definition) is 9. The van der Waals surface area contributed by atoms with Gasteiger partial charge in [0.1, 0.15) is 12.7 Å². The van der Waals surface area contributed by atoms with Gasteiger partial charge in [0.05, 0.1) is 19.8 Å². The highest BCUT2D eigenvalue weighted by Crippen LogP contribution is 2.43. The quantitative estimate of drug-likeness (QED) is 0.0237. The normalized spacial score (nSPS) is 14.3. The van der Waals surface area contributed by atoms with Crippen molar-refractivity contribution in [3.8, 4) is 0 Å². The maximum absolute atomic E-state index is 12.6. The molecule has 0 aromatic carbocycles.